The second-order valence-corrected chi connectivity index (χ2v) is 4.14. The van der Waals surface area contributed by atoms with Crippen LogP contribution < -0.4 is 5.73 Å². The van der Waals surface area contributed by atoms with E-state index in [1.54, 1.807) is 24.7 Å². The number of nitrogens with two attached hydrogens (primary N) is 1. The van der Waals surface area contributed by atoms with E-state index in [2.05, 4.69) is 25.9 Å². The summed E-state index contributed by atoms with van der Waals surface area (Å²) < 4.78 is 0.994. The van der Waals surface area contributed by atoms with Gasteiger partial charge >= 0.3 is 0 Å². The lowest BCUT2D eigenvalue weighted by Crippen LogP contribution is -1.93. The molecular formula is C11H10BrN3. The molecule has 0 aliphatic rings. The molecule has 2 aromatic heterocycles. The third-order valence-corrected chi connectivity index (χ3v) is 3.01. The van der Waals surface area contributed by atoms with Gasteiger partial charge in [-0.05, 0) is 40.5 Å². The van der Waals surface area contributed by atoms with Gasteiger partial charge in [0.05, 0.1) is 5.69 Å². The van der Waals surface area contributed by atoms with Crippen molar-refractivity contribution in [3.8, 4) is 11.3 Å². The molecular weight excluding hydrogens is 254 g/mol. The summed E-state index contributed by atoms with van der Waals surface area (Å²) in [6.45, 7) is 2.02. The van der Waals surface area contributed by atoms with Gasteiger partial charge in [0.15, 0.2) is 0 Å². The largest absolute Gasteiger partial charge is 0.398 e. The van der Waals surface area contributed by atoms with Gasteiger partial charge < -0.3 is 5.73 Å². The molecule has 2 aromatic rings. The highest BCUT2D eigenvalue weighted by molar-refractivity contribution is 9.10. The van der Waals surface area contributed by atoms with Gasteiger partial charge in [-0.25, -0.2) is 0 Å². The topological polar surface area (TPSA) is 51.8 Å². The monoisotopic (exact) mass is 263 g/mol. The fourth-order valence-electron chi connectivity index (χ4n) is 1.31. The van der Waals surface area contributed by atoms with E-state index in [1.165, 1.54) is 0 Å². The van der Waals surface area contributed by atoms with Crippen LogP contribution in [0.3, 0.4) is 0 Å². The summed E-state index contributed by atoms with van der Waals surface area (Å²) in [6, 6.07) is 3.76. The second kappa shape index (κ2) is 3.98. The predicted molar refractivity (Wildman–Crippen MR) is 64.3 cm³/mol. The Bertz CT molecular complexity index is 497. The first-order valence-electron chi connectivity index (χ1n) is 4.50. The summed E-state index contributed by atoms with van der Waals surface area (Å²) in [5, 5.41) is 0. The minimum Gasteiger partial charge on any atom is -0.398 e. The van der Waals surface area contributed by atoms with Gasteiger partial charge in [0.25, 0.3) is 0 Å². The number of pyridine rings is 2. The number of nitrogen functional groups attached to an aromatic ring is 1. The van der Waals surface area contributed by atoms with Crippen LogP contribution in [0.4, 0.5) is 5.69 Å². The fraction of sp³-hybridized carbons (Fsp3) is 0.0909. The third kappa shape index (κ3) is 1.99. The quantitative estimate of drug-likeness (QED) is 0.861. The minimum absolute atomic E-state index is 0.694. The molecule has 2 N–H and O–H groups in total. The zero-order valence-electron chi connectivity index (χ0n) is 8.24. The smallest absolute Gasteiger partial charge is 0.0741 e. The molecule has 0 saturated heterocycles. The van der Waals surface area contributed by atoms with Crippen LogP contribution in [0.15, 0.2) is 35.2 Å². The first kappa shape index (κ1) is 10.1. The maximum Gasteiger partial charge on any atom is 0.0741 e. The Morgan fingerprint density at radius 3 is 2.80 bits per heavy atom. The third-order valence-electron chi connectivity index (χ3n) is 2.18. The molecule has 0 aromatic carbocycles. The van der Waals surface area contributed by atoms with Crippen molar-refractivity contribution in [2.24, 2.45) is 0 Å². The fourth-order valence-corrected chi connectivity index (χ4v) is 1.52. The van der Waals surface area contributed by atoms with Gasteiger partial charge in [0.1, 0.15) is 0 Å². The Kier molecular flexibility index (Phi) is 2.68. The Hall–Kier alpha value is -1.42. The van der Waals surface area contributed by atoms with Crippen molar-refractivity contribution in [3.05, 3.63) is 40.8 Å². The number of halogens is 1. The first-order valence-corrected chi connectivity index (χ1v) is 5.30. The van der Waals surface area contributed by atoms with Crippen molar-refractivity contribution in [1.82, 2.24) is 9.97 Å². The summed E-state index contributed by atoms with van der Waals surface area (Å²) in [6.07, 6.45) is 5.17. The summed E-state index contributed by atoms with van der Waals surface area (Å²) in [4.78, 5) is 8.35. The molecule has 0 radical (unpaired) electrons. The zero-order valence-corrected chi connectivity index (χ0v) is 9.82. The molecule has 0 aliphatic heterocycles. The summed E-state index contributed by atoms with van der Waals surface area (Å²) in [5.41, 5.74) is 9.39. The van der Waals surface area contributed by atoms with E-state index in [0.29, 0.717) is 5.69 Å². The molecule has 3 nitrogen and oxygen atoms in total. The van der Waals surface area contributed by atoms with Gasteiger partial charge in [0, 0.05) is 34.3 Å². The van der Waals surface area contributed by atoms with Crippen LogP contribution in [0.1, 0.15) is 5.56 Å². The molecule has 2 heterocycles. The van der Waals surface area contributed by atoms with Crippen molar-refractivity contribution in [2.75, 3.05) is 5.73 Å². The van der Waals surface area contributed by atoms with Crippen LogP contribution in [0.25, 0.3) is 11.3 Å². The Morgan fingerprint density at radius 1 is 1.33 bits per heavy atom. The van der Waals surface area contributed by atoms with Gasteiger partial charge in [-0.2, -0.15) is 0 Å². The number of aromatic nitrogens is 2. The molecule has 0 bridgehead atoms. The van der Waals surface area contributed by atoms with Crippen molar-refractivity contribution >= 4 is 21.6 Å². The molecule has 0 unspecified atom stereocenters. The molecule has 0 amide bonds. The maximum absolute atomic E-state index is 5.85. The van der Waals surface area contributed by atoms with Gasteiger partial charge in [-0.3, -0.25) is 9.97 Å². The highest BCUT2D eigenvalue weighted by atomic mass is 79.9. The first-order chi connectivity index (χ1) is 7.18. The molecule has 0 spiro atoms. The van der Waals surface area contributed by atoms with E-state index in [4.69, 9.17) is 5.73 Å². The van der Waals surface area contributed by atoms with Crippen molar-refractivity contribution in [2.45, 2.75) is 6.92 Å². The van der Waals surface area contributed by atoms with E-state index in [1.807, 2.05) is 13.0 Å². The van der Waals surface area contributed by atoms with E-state index < -0.39 is 0 Å². The minimum atomic E-state index is 0.694. The second-order valence-electron chi connectivity index (χ2n) is 3.28. The molecule has 15 heavy (non-hydrogen) atoms. The van der Waals surface area contributed by atoms with E-state index in [9.17, 15) is 0 Å². The van der Waals surface area contributed by atoms with E-state index in [-0.39, 0.29) is 0 Å². The standard InChI is InChI=1S/C11H10BrN3/c1-7-4-11(15-6-9(7)12)8-5-14-3-2-10(8)13/h2-6H,1H3,(H2,13,14). The number of nitrogens with zero attached hydrogens (tertiary/aromatic N) is 2. The van der Waals surface area contributed by atoms with Gasteiger partial charge in [-0.1, -0.05) is 0 Å². The number of rotatable bonds is 1. The number of aryl methyl sites for hydroxylation is 1. The van der Waals surface area contributed by atoms with E-state index >= 15 is 0 Å². The molecule has 0 saturated carbocycles. The van der Waals surface area contributed by atoms with Crippen LogP contribution in [-0.4, -0.2) is 9.97 Å². The number of anilines is 1. The molecule has 2 rings (SSSR count). The Balaban J connectivity index is 2.55. The zero-order chi connectivity index (χ0) is 10.8. The van der Waals surface area contributed by atoms with Crippen LogP contribution >= 0.6 is 15.9 Å². The SMILES string of the molecule is Cc1cc(-c2cnccc2N)ncc1Br. The number of hydrogen-bond acceptors (Lipinski definition) is 3. The van der Waals surface area contributed by atoms with Gasteiger partial charge in [0.2, 0.25) is 0 Å². The normalized spacial score (nSPS) is 10.3. The predicted octanol–water partition coefficient (Wildman–Crippen LogP) is 2.80. The summed E-state index contributed by atoms with van der Waals surface area (Å²) in [5.74, 6) is 0. The molecule has 76 valence electrons. The number of hydrogen-bond donors (Lipinski definition) is 1. The highest BCUT2D eigenvalue weighted by Crippen LogP contribution is 2.25. The molecule has 0 aliphatic carbocycles. The summed E-state index contributed by atoms with van der Waals surface area (Å²) >= 11 is 3.41. The van der Waals surface area contributed by atoms with Crippen LogP contribution in [0.5, 0.6) is 0 Å². The van der Waals surface area contributed by atoms with Crippen LogP contribution in [0.2, 0.25) is 0 Å². The van der Waals surface area contributed by atoms with Gasteiger partial charge in [-0.15, -0.1) is 0 Å². The van der Waals surface area contributed by atoms with Crippen molar-refractivity contribution in [3.63, 3.8) is 0 Å². The summed E-state index contributed by atoms with van der Waals surface area (Å²) in [7, 11) is 0. The lowest BCUT2D eigenvalue weighted by atomic mass is 10.1. The molecule has 0 fully saturated rings. The molecule has 0 atom stereocenters. The highest BCUT2D eigenvalue weighted by Gasteiger charge is 2.05. The van der Waals surface area contributed by atoms with Crippen molar-refractivity contribution in [1.29, 1.82) is 0 Å². The van der Waals surface area contributed by atoms with Crippen LogP contribution in [-0.2, 0) is 0 Å². The maximum atomic E-state index is 5.85. The van der Waals surface area contributed by atoms with Crippen molar-refractivity contribution < 1.29 is 0 Å². The molecule has 4 heteroatoms. The lowest BCUT2D eigenvalue weighted by molar-refractivity contribution is 1.24. The Morgan fingerprint density at radius 2 is 2.13 bits per heavy atom. The van der Waals surface area contributed by atoms with E-state index in [0.717, 1.165) is 21.3 Å². The average Bonchev–Trinajstić information content (AvgIpc) is 2.23. The lowest BCUT2D eigenvalue weighted by Gasteiger charge is -2.05. The van der Waals surface area contributed by atoms with Crippen LogP contribution in [0, 0.1) is 6.92 Å². The Labute approximate surface area is 96.5 Å². The average molecular weight is 264 g/mol.